The number of ether oxygens (including phenoxy) is 1. The average molecular weight is 467 g/mol. The van der Waals surface area contributed by atoms with Gasteiger partial charge in [0.2, 0.25) is 5.95 Å². The number of esters is 1. The van der Waals surface area contributed by atoms with Gasteiger partial charge in [0.05, 0.1) is 42.5 Å². The third-order valence-electron chi connectivity index (χ3n) is 5.66. The van der Waals surface area contributed by atoms with Crippen molar-refractivity contribution < 1.29 is 9.53 Å². The van der Waals surface area contributed by atoms with E-state index in [2.05, 4.69) is 15.1 Å². The molecule has 2 aromatic carbocycles. The van der Waals surface area contributed by atoms with E-state index in [1.165, 1.54) is 17.9 Å². The number of anilines is 1. The Morgan fingerprint density at radius 3 is 2.69 bits per heavy atom. The van der Waals surface area contributed by atoms with Gasteiger partial charge in [-0.2, -0.15) is 5.10 Å². The first-order chi connectivity index (χ1) is 17.0. The molecule has 174 valence electrons. The minimum atomic E-state index is -0.435. The van der Waals surface area contributed by atoms with Gasteiger partial charge in [-0.25, -0.2) is 14.5 Å². The summed E-state index contributed by atoms with van der Waals surface area (Å²) < 4.78 is 8.07. The molecule has 9 nitrogen and oxygen atoms in total. The minimum absolute atomic E-state index is 0.211. The van der Waals surface area contributed by atoms with E-state index in [1.807, 2.05) is 41.0 Å². The van der Waals surface area contributed by atoms with Crippen LogP contribution in [0.1, 0.15) is 21.5 Å². The van der Waals surface area contributed by atoms with Crippen molar-refractivity contribution in [3.05, 3.63) is 106 Å². The summed E-state index contributed by atoms with van der Waals surface area (Å²) in [5, 5.41) is 4.54. The van der Waals surface area contributed by atoms with Crippen LogP contribution in [0, 0.1) is 0 Å². The Bertz CT molecular complexity index is 1600. The number of nitrogens with two attached hydrogens (primary N) is 1. The molecule has 9 heteroatoms. The van der Waals surface area contributed by atoms with Crippen LogP contribution >= 0.6 is 0 Å². The van der Waals surface area contributed by atoms with Gasteiger partial charge < -0.3 is 15.0 Å². The number of rotatable bonds is 6. The highest BCUT2D eigenvalue weighted by atomic mass is 16.5. The molecular weight excluding hydrogens is 444 g/mol. The van der Waals surface area contributed by atoms with E-state index in [-0.39, 0.29) is 12.1 Å². The van der Waals surface area contributed by atoms with Crippen LogP contribution in [0.5, 0.6) is 0 Å². The van der Waals surface area contributed by atoms with Crippen molar-refractivity contribution in [3.63, 3.8) is 0 Å². The molecule has 0 amide bonds. The van der Waals surface area contributed by atoms with Crippen LogP contribution in [0.25, 0.3) is 22.3 Å². The molecule has 0 atom stereocenters. The highest BCUT2D eigenvalue weighted by Gasteiger charge is 2.11. The Labute approximate surface area is 200 Å². The van der Waals surface area contributed by atoms with Crippen molar-refractivity contribution in [3.8, 4) is 11.3 Å². The minimum Gasteiger partial charge on any atom is -0.465 e. The van der Waals surface area contributed by atoms with Gasteiger partial charge in [-0.15, -0.1) is 0 Å². The van der Waals surface area contributed by atoms with Crippen LogP contribution < -0.4 is 11.3 Å². The first kappa shape index (κ1) is 22.0. The number of hydrogen-bond acceptors (Lipinski definition) is 7. The smallest absolute Gasteiger partial charge is 0.337 e. The molecule has 2 N–H and O–H groups in total. The zero-order valence-electron chi connectivity index (χ0n) is 19.0. The van der Waals surface area contributed by atoms with Gasteiger partial charge in [0.25, 0.3) is 5.56 Å². The fourth-order valence-corrected chi connectivity index (χ4v) is 3.96. The molecule has 0 bridgehead atoms. The molecule has 3 heterocycles. The van der Waals surface area contributed by atoms with Crippen LogP contribution in [0.15, 0.2) is 83.9 Å². The Hall–Kier alpha value is -4.79. The monoisotopic (exact) mass is 466 g/mol. The third kappa shape index (κ3) is 4.51. The molecule has 0 aliphatic rings. The summed E-state index contributed by atoms with van der Waals surface area (Å²) in [5.74, 6) is -0.00688. The largest absolute Gasteiger partial charge is 0.465 e. The van der Waals surface area contributed by atoms with Gasteiger partial charge in [-0.1, -0.05) is 24.3 Å². The Kier molecular flexibility index (Phi) is 5.80. The molecule has 0 saturated carbocycles. The molecular formula is C26H22N6O3. The summed E-state index contributed by atoms with van der Waals surface area (Å²) in [6.45, 7) is 0.704. The number of aromatic nitrogens is 5. The second kappa shape index (κ2) is 9.22. The molecule has 0 radical (unpaired) electrons. The predicted octanol–water partition coefficient (Wildman–Crippen LogP) is 3.12. The maximum atomic E-state index is 12.5. The van der Waals surface area contributed by atoms with Gasteiger partial charge in [0, 0.05) is 24.0 Å². The number of hydrogen-bond donors (Lipinski definition) is 1. The number of fused-ring (bicyclic) bond motifs is 1. The molecule has 5 aromatic rings. The zero-order valence-corrected chi connectivity index (χ0v) is 19.0. The number of carbonyl (C=O) groups is 1. The van der Waals surface area contributed by atoms with Crippen LogP contribution in [0.4, 0.5) is 5.95 Å². The van der Waals surface area contributed by atoms with E-state index < -0.39 is 5.97 Å². The number of nitrogen functional groups attached to an aromatic ring is 1. The van der Waals surface area contributed by atoms with Gasteiger partial charge in [0.15, 0.2) is 0 Å². The number of carbonyl (C=O) groups excluding carboxylic acids is 1. The molecule has 0 spiro atoms. The van der Waals surface area contributed by atoms with Crippen molar-refractivity contribution in [1.29, 1.82) is 0 Å². The quantitative estimate of drug-likeness (QED) is 0.382. The number of benzene rings is 2. The van der Waals surface area contributed by atoms with Gasteiger partial charge in [-0.3, -0.25) is 9.78 Å². The number of para-hydroxylation sites is 2. The van der Waals surface area contributed by atoms with Crippen LogP contribution in [0.2, 0.25) is 0 Å². The molecule has 0 aliphatic carbocycles. The number of methoxy groups -OCH3 is 1. The van der Waals surface area contributed by atoms with Crippen molar-refractivity contribution >= 4 is 23.0 Å². The standard InChI is InChI=1S/C26H22N6O3/c1-35-25(34)19-6-4-5-17(11-19)16-32-24(33)10-9-21(30-32)20-12-18(13-28-14-20)15-31-23-8-3-2-7-22(23)29-26(31)27/h2-14H,15-16H2,1H3,(H2,27,29). The summed E-state index contributed by atoms with van der Waals surface area (Å²) in [6.07, 6.45) is 3.47. The average Bonchev–Trinajstić information content (AvgIpc) is 3.20. The lowest BCUT2D eigenvalue weighted by Gasteiger charge is -2.10. The zero-order chi connectivity index (χ0) is 24.4. The summed E-state index contributed by atoms with van der Waals surface area (Å²) in [7, 11) is 1.33. The lowest BCUT2D eigenvalue weighted by atomic mass is 10.1. The van der Waals surface area contributed by atoms with Gasteiger partial charge in [0.1, 0.15) is 0 Å². The highest BCUT2D eigenvalue weighted by Crippen LogP contribution is 2.21. The topological polar surface area (TPSA) is 118 Å². The Balaban J connectivity index is 1.44. The fourth-order valence-electron chi connectivity index (χ4n) is 3.96. The number of imidazole rings is 1. The molecule has 35 heavy (non-hydrogen) atoms. The lowest BCUT2D eigenvalue weighted by molar-refractivity contribution is 0.0600. The van der Waals surface area contributed by atoms with Crippen molar-refractivity contribution in [1.82, 2.24) is 24.3 Å². The summed E-state index contributed by atoms with van der Waals surface area (Å²) in [6, 6.07) is 19.8. The molecule has 5 rings (SSSR count). The fraction of sp³-hybridized carbons (Fsp3) is 0.115. The highest BCUT2D eigenvalue weighted by molar-refractivity contribution is 5.89. The van der Waals surface area contributed by atoms with Gasteiger partial charge in [-0.05, 0) is 47.5 Å². The van der Waals surface area contributed by atoms with E-state index in [9.17, 15) is 9.59 Å². The Morgan fingerprint density at radius 2 is 1.83 bits per heavy atom. The van der Waals surface area contributed by atoms with Crippen LogP contribution in [-0.2, 0) is 17.8 Å². The number of nitrogens with zero attached hydrogens (tertiary/aromatic N) is 5. The van der Waals surface area contributed by atoms with E-state index >= 15 is 0 Å². The molecule has 0 aliphatic heterocycles. The molecule has 0 saturated heterocycles. The molecule has 0 unspecified atom stereocenters. The van der Waals surface area contributed by atoms with Crippen molar-refractivity contribution in [2.45, 2.75) is 13.1 Å². The van der Waals surface area contributed by atoms with Crippen molar-refractivity contribution in [2.24, 2.45) is 0 Å². The maximum absolute atomic E-state index is 12.5. The van der Waals surface area contributed by atoms with Crippen LogP contribution in [-0.4, -0.2) is 37.4 Å². The summed E-state index contributed by atoms with van der Waals surface area (Å²) in [4.78, 5) is 33.1. The van der Waals surface area contributed by atoms with E-state index in [1.54, 1.807) is 36.7 Å². The molecule has 0 fully saturated rings. The van der Waals surface area contributed by atoms with Gasteiger partial charge >= 0.3 is 5.97 Å². The van der Waals surface area contributed by atoms with E-state index in [0.717, 1.165) is 27.7 Å². The second-order valence-electron chi connectivity index (χ2n) is 8.03. The second-order valence-corrected chi connectivity index (χ2v) is 8.03. The van der Waals surface area contributed by atoms with Crippen molar-refractivity contribution in [2.75, 3.05) is 12.8 Å². The number of pyridine rings is 1. The third-order valence-corrected chi connectivity index (χ3v) is 5.66. The van der Waals surface area contributed by atoms with Crippen LogP contribution in [0.3, 0.4) is 0 Å². The molecule has 3 aromatic heterocycles. The van der Waals surface area contributed by atoms with E-state index in [0.29, 0.717) is 23.8 Å². The predicted molar refractivity (Wildman–Crippen MR) is 132 cm³/mol. The SMILES string of the molecule is COC(=O)c1cccc(Cn2nc(-c3cncc(Cn4c(N)nc5ccccc54)c3)ccc2=O)c1. The maximum Gasteiger partial charge on any atom is 0.337 e. The van der Waals surface area contributed by atoms with E-state index in [4.69, 9.17) is 10.5 Å². The summed E-state index contributed by atoms with van der Waals surface area (Å²) in [5.41, 5.74) is 11.1. The first-order valence-corrected chi connectivity index (χ1v) is 10.9. The lowest BCUT2D eigenvalue weighted by Crippen LogP contribution is -2.23. The summed E-state index contributed by atoms with van der Waals surface area (Å²) >= 11 is 0. The first-order valence-electron chi connectivity index (χ1n) is 10.9. The Morgan fingerprint density at radius 1 is 0.971 bits per heavy atom. The normalized spacial score (nSPS) is 11.0.